The average Bonchev–Trinajstić information content (AvgIpc) is 2.65. The molecule has 0 saturated carbocycles. The molecule has 0 N–H and O–H groups in total. The molecule has 0 unspecified atom stereocenters. The van der Waals surface area contributed by atoms with Crippen LogP contribution in [0.4, 0.5) is 13.2 Å². The van der Waals surface area contributed by atoms with Crippen molar-refractivity contribution in [2.75, 3.05) is 7.05 Å². The molecule has 0 radical (unpaired) electrons. The molecule has 0 fully saturated rings. The molecule has 0 atom stereocenters. The van der Waals surface area contributed by atoms with Crippen LogP contribution in [0.25, 0.3) is 10.8 Å². The number of aromatic nitrogens is 2. The van der Waals surface area contributed by atoms with E-state index >= 15 is 0 Å². The molecular formula is C20H18F3N3O2. The van der Waals surface area contributed by atoms with Crippen molar-refractivity contribution in [2.45, 2.75) is 19.1 Å². The van der Waals surface area contributed by atoms with Crippen molar-refractivity contribution >= 4 is 16.7 Å². The summed E-state index contributed by atoms with van der Waals surface area (Å²) in [6.45, 7) is 0.167. The van der Waals surface area contributed by atoms with Crippen LogP contribution in [0.2, 0.25) is 0 Å². The van der Waals surface area contributed by atoms with E-state index in [1.54, 1.807) is 31.3 Å². The number of aryl methyl sites for hydroxylation is 1. The Morgan fingerprint density at radius 2 is 1.68 bits per heavy atom. The van der Waals surface area contributed by atoms with Crippen molar-refractivity contribution in [3.8, 4) is 0 Å². The lowest BCUT2D eigenvalue weighted by atomic mass is 10.1. The Kier molecular flexibility index (Phi) is 5.22. The van der Waals surface area contributed by atoms with E-state index in [9.17, 15) is 22.8 Å². The Labute approximate surface area is 159 Å². The van der Waals surface area contributed by atoms with E-state index in [1.807, 2.05) is 0 Å². The van der Waals surface area contributed by atoms with Crippen molar-refractivity contribution in [2.24, 2.45) is 7.05 Å². The van der Waals surface area contributed by atoms with Crippen LogP contribution in [0.3, 0.4) is 0 Å². The summed E-state index contributed by atoms with van der Waals surface area (Å²) in [5, 5.41) is 5.29. The van der Waals surface area contributed by atoms with E-state index in [2.05, 4.69) is 5.10 Å². The number of carbonyl (C=O) groups is 1. The van der Waals surface area contributed by atoms with Gasteiger partial charge in [0.1, 0.15) is 0 Å². The van der Waals surface area contributed by atoms with Gasteiger partial charge in [0.25, 0.3) is 5.56 Å². The quantitative estimate of drug-likeness (QED) is 0.689. The molecule has 0 aliphatic heterocycles. The largest absolute Gasteiger partial charge is 0.416 e. The average molecular weight is 389 g/mol. The van der Waals surface area contributed by atoms with Crippen LogP contribution in [0.1, 0.15) is 16.8 Å². The molecule has 0 bridgehead atoms. The van der Waals surface area contributed by atoms with Crippen LogP contribution >= 0.6 is 0 Å². The summed E-state index contributed by atoms with van der Waals surface area (Å²) < 4.78 is 39.1. The number of alkyl halides is 3. The van der Waals surface area contributed by atoms with Gasteiger partial charge in [-0.2, -0.15) is 18.3 Å². The molecule has 28 heavy (non-hydrogen) atoms. The first kappa shape index (κ1) is 19.6. The molecule has 2 aromatic carbocycles. The first-order valence-electron chi connectivity index (χ1n) is 8.52. The van der Waals surface area contributed by atoms with E-state index < -0.39 is 11.7 Å². The summed E-state index contributed by atoms with van der Waals surface area (Å²) in [5.74, 6) is -0.254. The Hall–Kier alpha value is -3.16. The van der Waals surface area contributed by atoms with Gasteiger partial charge in [0.2, 0.25) is 5.91 Å². The zero-order chi connectivity index (χ0) is 20.5. The summed E-state index contributed by atoms with van der Waals surface area (Å²) >= 11 is 0. The van der Waals surface area contributed by atoms with Crippen molar-refractivity contribution in [1.82, 2.24) is 14.7 Å². The fourth-order valence-electron chi connectivity index (χ4n) is 2.95. The van der Waals surface area contributed by atoms with Crippen LogP contribution in [-0.4, -0.2) is 27.6 Å². The van der Waals surface area contributed by atoms with E-state index in [1.165, 1.54) is 28.8 Å². The fourth-order valence-corrected chi connectivity index (χ4v) is 2.95. The molecule has 1 heterocycles. The van der Waals surface area contributed by atoms with Gasteiger partial charge in [-0.3, -0.25) is 9.59 Å². The number of halogens is 3. The van der Waals surface area contributed by atoms with Gasteiger partial charge in [-0.25, -0.2) is 4.68 Å². The zero-order valence-corrected chi connectivity index (χ0v) is 15.3. The van der Waals surface area contributed by atoms with Gasteiger partial charge in [0.05, 0.1) is 23.1 Å². The second kappa shape index (κ2) is 7.46. The molecule has 0 aliphatic rings. The Bertz CT molecular complexity index is 1070. The summed E-state index contributed by atoms with van der Waals surface area (Å²) in [6, 6.07) is 11.6. The minimum Gasteiger partial charge on any atom is -0.341 e. The minimum absolute atomic E-state index is 0.0221. The highest BCUT2D eigenvalue weighted by Gasteiger charge is 2.30. The third-order valence-electron chi connectivity index (χ3n) is 4.48. The maximum atomic E-state index is 12.6. The summed E-state index contributed by atoms with van der Waals surface area (Å²) in [6.07, 6.45) is -4.41. The number of rotatable bonds is 4. The number of fused-ring (bicyclic) bond motifs is 1. The van der Waals surface area contributed by atoms with Crippen LogP contribution in [0.15, 0.2) is 53.3 Å². The second-order valence-corrected chi connectivity index (χ2v) is 6.54. The molecule has 0 saturated heterocycles. The van der Waals surface area contributed by atoms with Crippen LogP contribution in [-0.2, 0) is 31.0 Å². The molecule has 3 aromatic rings. The SMILES string of the molecule is CN(Cc1ccc(C(F)(F)F)cc1)C(=O)Cc1nn(C)c(=O)c2ccccc12. The molecule has 146 valence electrons. The first-order chi connectivity index (χ1) is 13.2. The number of hydrogen-bond donors (Lipinski definition) is 0. The molecule has 3 rings (SSSR count). The molecule has 1 amide bonds. The van der Waals surface area contributed by atoms with Crippen LogP contribution in [0.5, 0.6) is 0 Å². The van der Waals surface area contributed by atoms with E-state index in [0.717, 1.165) is 12.1 Å². The number of benzene rings is 2. The first-order valence-corrected chi connectivity index (χ1v) is 8.52. The third kappa shape index (κ3) is 4.05. The molecule has 1 aromatic heterocycles. The predicted octanol–water partition coefficient (Wildman–Crippen LogP) is 3.15. The predicted molar refractivity (Wildman–Crippen MR) is 98.6 cm³/mol. The number of amides is 1. The summed E-state index contributed by atoms with van der Waals surface area (Å²) in [7, 11) is 3.10. The highest BCUT2D eigenvalue weighted by Crippen LogP contribution is 2.29. The van der Waals surface area contributed by atoms with Crippen molar-refractivity contribution in [3.63, 3.8) is 0 Å². The van der Waals surface area contributed by atoms with Crippen molar-refractivity contribution in [1.29, 1.82) is 0 Å². The lowest BCUT2D eigenvalue weighted by Crippen LogP contribution is -2.29. The lowest BCUT2D eigenvalue weighted by molar-refractivity contribution is -0.137. The second-order valence-electron chi connectivity index (χ2n) is 6.54. The summed E-state index contributed by atoms with van der Waals surface area (Å²) in [4.78, 5) is 26.2. The molecule has 8 heteroatoms. The molecule has 5 nitrogen and oxygen atoms in total. The van der Waals surface area contributed by atoms with Gasteiger partial charge in [-0.15, -0.1) is 0 Å². The van der Waals surface area contributed by atoms with Crippen LogP contribution in [0, 0.1) is 0 Å². The summed E-state index contributed by atoms with van der Waals surface area (Å²) in [5.41, 5.74) is 0.0834. The topological polar surface area (TPSA) is 55.2 Å². The van der Waals surface area contributed by atoms with Crippen molar-refractivity contribution < 1.29 is 18.0 Å². The van der Waals surface area contributed by atoms with Gasteiger partial charge in [-0.1, -0.05) is 30.3 Å². The molecular weight excluding hydrogens is 371 g/mol. The normalized spacial score (nSPS) is 11.6. The standard InChI is InChI=1S/C20H18F3N3O2/c1-25(12-13-7-9-14(10-8-13)20(21,22)23)18(27)11-17-15-5-3-4-6-16(15)19(28)26(2)24-17/h3-10H,11-12H2,1-2H3. The molecule has 0 aliphatic carbocycles. The van der Waals surface area contributed by atoms with E-state index in [0.29, 0.717) is 22.0 Å². The van der Waals surface area contributed by atoms with Gasteiger partial charge >= 0.3 is 6.18 Å². The monoisotopic (exact) mass is 389 g/mol. The Balaban J connectivity index is 1.77. The van der Waals surface area contributed by atoms with Crippen LogP contribution < -0.4 is 5.56 Å². The van der Waals surface area contributed by atoms with Gasteiger partial charge in [-0.05, 0) is 23.8 Å². The zero-order valence-electron chi connectivity index (χ0n) is 15.3. The Morgan fingerprint density at radius 1 is 1.07 bits per heavy atom. The smallest absolute Gasteiger partial charge is 0.341 e. The van der Waals surface area contributed by atoms with E-state index in [-0.39, 0.29) is 24.4 Å². The van der Waals surface area contributed by atoms with Gasteiger partial charge < -0.3 is 4.90 Å². The lowest BCUT2D eigenvalue weighted by Gasteiger charge is -2.18. The highest BCUT2D eigenvalue weighted by molar-refractivity contribution is 5.88. The fraction of sp³-hybridized carbons (Fsp3) is 0.250. The number of nitrogens with zero attached hydrogens (tertiary/aromatic N) is 3. The minimum atomic E-state index is -4.39. The highest BCUT2D eigenvalue weighted by atomic mass is 19.4. The van der Waals surface area contributed by atoms with Crippen molar-refractivity contribution in [3.05, 3.63) is 75.7 Å². The van der Waals surface area contributed by atoms with E-state index in [4.69, 9.17) is 0 Å². The number of likely N-dealkylation sites (N-methyl/N-ethyl adjacent to an activating group) is 1. The third-order valence-corrected chi connectivity index (χ3v) is 4.48. The maximum Gasteiger partial charge on any atom is 0.416 e. The number of hydrogen-bond acceptors (Lipinski definition) is 3. The van der Waals surface area contributed by atoms with Gasteiger partial charge in [0, 0.05) is 26.0 Å². The maximum absolute atomic E-state index is 12.6. The molecule has 0 spiro atoms. The number of carbonyl (C=O) groups excluding carboxylic acids is 1. The Morgan fingerprint density at radius 3 is 2.29 bits per heavy atom. The van der Waals surface area contributed by atoms with Gasteiger partial charge in [0.15, 0.2) is 0 Å².